The molecule has 1 aromatic heterocycles. The first-order valence-corrected chi connectivity index (χ1v) is 9.23. The molecular formula is C20H27N3O. The molecule has 24 heavy (non-hydrogen) atoms. The molecule has 4 heteroatoms. The Morgan fingerprint density at radius 2 is 1.88 bits per heavy atom. The van der Waals surface area contributed by atoms with Crippen LogP contribution in [-0.2, 0) is 18.7 Å². The van der Waals surface area contributed by atoms with Gasteiger partial charge in [-0.05, 0) is 37.7 Å². The van der Waals surface area contributed by atoms with Gasteiger partial charge in [0.15, 0.2) is 0 Å². The summed E-state index contributed by atoms with van der Waals surface area (Å²) in [6.45, 7) is 4.07. The highest BCUT2D eigenvalue weighted by Gasteiger charge is 2.48. The van der Waals surface area contributed by atoms with E-state index in [0.29, 0.717) is 12.1 Å². The largest absolute Gasteiger partial charge is 0.385 e. The number of aromatic nitrogens is 2. The highest BCUT2D eigenvalue weighted by Crippen LogP contribution is 2.46. The van der Waals surface area contributed by atoms with Gasteiger partial charge in [0.25, 0.3) is 0 Å². The van der Waals surface area contributed by atoms with E-state index in [4.69, 9.17) is 0 Å². The highest BCUT2D eigenvalue weighted by molar-refractivity contribution is 5.21. The average Bonchev–Trinajstić information content (AvgIpc) is 3.14. The fraction of sp³-hybridized carbons (Fsp3) is 0.550. The molecule has 0 radical (unpaired) electrons. The summed E-state index contributed by atoms with van der Waals surface area (Å²) in [5, 5.41) is 15.7. The number of rotatable bonds is 5. The summed E-state index contributed by atoms with van der Waals surface area (Å²) in [5.74, 6) is 0. The molecule has 4 rings (SSSR count). The third kappa shape index (κ3) is 2.89. The summed E-state index contributed by atoms with van der Waals surface area (Å²) in [4.78, 5) is 2.61. The molecule has 2 unspecified atom stereocenters. The summed E-state index contributed by atoms with van der Waals surface area (Å²) in [6.07, 6.45) is 9.04. The van der Waals surface area contributed by atoms with Crippen LogP contribution in [0.25, 0.3) is 0 Å². The average molecular weight is 325 g/mol. The Hall–Kier alpha value is -1.65. The van der Waals surface area contributed by atoms with Crippen molar-refractivity contribution in [3.05, 3.63) is 53.9 Å². The van der Waals surface area contributed by atoms with Gasteiger partial charge in [-0.25, -0.2) is 0 Å². The Morgan fingerprint density at radius 3 is 2.54 bits per heavy atom. The van der Waals surface area contributed by atoms with Gasteiger partial charge in [0.2, 0.25) is 0 Å². The van der Waals surface area contributed by atoms with Gasteiger partial charge in [-0.3, -0.25) is 9.58 Å². The standard InChI is InChI=1S/C20H27N3O/c1-2-10-22-15-17(13-21-22)20(24)11-18-8-9-19(12-20)23(18)14-16-6-4-3-5-7-16/h3-7,13,15,18-19,24H,2,8-12,14H2,1H3. The van der Waals surface area contributed by atoms with Crippen molar-refractivity contribution in [3.63, 3.8) is 0 Å². The van der Waals surface area contributed by atoms with E-state index < -0.39 is 5.60 Å². The van der Waals surface area contributed by atoms with E-state index in [1.807, 2.05) is 10.9 Å². The summed E-state index contributed by atoms with van der Waals surface area (Å²) in [5.41, 5.74) is 1.67. The summed E-state index contributed by atoms with van der Waals surface area (Å²) in [6, 6.07) is 11.6. The van der Waals surface area contributed by atoms with Crippen LogP contribution in [0.2, 0.25) is 0 Å². The van der Waals surface area contributed by atoms with Crippen molar-refractivity contribution in [3.8, 4) is 0 Å². The molecule has 1 N–H and O–H groups in total. The van der Waals surface area contributed by atoms with Crippen LogP contribution in [0.4, 0.5) is 0 Å². The van der Waals surface area contributed by atoms with E-state index in [1.54, 1.807) is 0 Å². The topological polar surface area (TPSA) is 41.3 Å². The van der Waals surface area contributed by atoms with Gasteiger partial charge in [-0.15, -0.1) is 0 Å². The van der Waals surface area contributed by atoms with Crippen LogP contribution in [0.3, 0.4) is 0 Å². The molecule has 3 heterocycles. The molecule has 4 nitrogen and oxygen atoms in total. The van der Waals surface area contributed by atoms with Crippen molar-refractivity contribution in [1.82, 2.24) is 14.7 Å². The number of hydrogen-bond donors (Lipinski definition) is 1. The van der Waals surface area contributed by atoms with Crippen LogP contribution in [0.5, 0.6) is 0 Å². The fourth-order valence-electron chi connectivity index (χ4n) is 4.56. The number of piperidine rings is 1. The molecule has 2 saturated heterocycles. The quantitative estimate of drug-likeness (QED) is 0.917. The molecule has 2 aliphatic heterocycles. The van der Waals surface area contributed by atoms with Gasteiger partial charge in [0.1, 0.15) is 0 Å². The van der Waals surface area contributed by atoms with E-state index in [0.717, 1.165) is 37.9 Å². The molecule has 2 fully saturated rings. The maximum Gasteiger partial charge on any atom is 0.0956 e. The van der Waals surface area contributed by atoms with E-state index in [9.17, 15) is 5.11 Å². The third-order valence-corrected chi connectivity index (χ3v) is 5.75. The Kier molecular flexibility index (Phi) is 4.19. The zero-order valence-corrected chi connectivity index (χ0v) is 14.4. The molecule has 128 valence electrons. The molecule has 2 aliphatic rings. The third-order valence-electron chi connectivity index (χ3n) is 5.75. The Balaban J connectivity index is 1.50. The van der Waals surface area contributed by atoms with Gasteiger partial charge < -0.3 is 5.11 Å². The Bertz CT molecular complexity index is 667. The minimum atomic E-state index is -0.703. The van der Waals surface area contributed by atoms with Gasteiger partial charge in [0, 0.05) is 36.9 Å². The van der Waals surface area contributed by atoms with Gasteiger partial charge in [0.05, 0.1) is 11.8 Å². The van der Waals surface area contributed by atoms with Crippen LogP contribution < -0.4 is 0 Å². The first-order chi connectivity index (χ1) is 11.7. The van der Waals surface area contributed by atoms with Crippen molar-refractivity contribution in [1.29, 1.82) is 0 Å². The molecule has 1 aromatic carbocycles. The maximum absolute atomic E-state index is 11.3. The number of fused-ring (bicyclic) bond motifs is 2. The molecule has 0 spiro atoms. The number of aryl methyl sites for hydroxylation is 1. The fourth-order valence-corrected chi connectivity index (χ4v) is 4.56. The number of hydrogen-bond acceptors (Lipinski definition) is 3. The smallest absolute Gasteiger partial charge is 0.0956 e. The minimum absolute atomic E-state index is 0.475. The van der Waals surface area contributed by atoms with E-state index in [-0.39, 0.29) is 0 Å². The molecule has 0 amide bonds. The van der Waals surface area contributed by atoms with Gasteiger partial charge >= 0.3 is 0 Å². The van der Waals surface area contributed by atoms with Crippen LogP contribution in [0.15, 0.2) is 42.7 Å². The Labute approximate surface area is 144 Å². The molecule has 2 aromatic rings. The van der Waals surface area contributed by atoms with E-state index >= 15 is 0 Å². The predicted molar refractivity (Wildman–Crippen MR) is 94.4 cm³/mol. The lowest BCUT2D eigenvalue weighted by molar-refractivity contribution is -0.0595. The van der Waals surface area contributed by atoms with Crippen molar-refractivity contribution in [2.24, 2.45) is 0 Å². The van der Waals surface area contributed by atoms with Crippen molar-refractivity contribution < 1.29 is 5.11 Å². The van der Waals surface area contributed by atoms with Crippen LogP contribution >= 0.6 is 0 Å². The summed E-state index contributed by atoms with van der Waals surface area (Å²) >= 11 is 0. The predicted octanol–water partition coefficient (Wildman–Crippen LogP) is 3.31. The van der Waals surface area contributed by atoms with Gasteiger partial charge in [-0.1, -0.05) is 37.3 Å². The van der Waals surface area contributed by atoms with Crippen LogP contribution in [0, 0.1) is 0 Å². The molecule has 0 saturated carbocycles. The molecular weight excluding hydrogens is 298 g/mol. The lowest BCUT2D eigenvalue weighted by atomic mass is 9.81. The highest BCUT2D eigenvalue weighted by atomic mass is 16.3. The maximum atomic E-state index is 11.3. The molecule has 2 atom stereocenters. The van der Waals surface area contributed by atoms with Crippen molar-refractivity contribution in [2.75, 3.05) is 0 Å². The van der Waals surface area contributed by atoms with Crippen molar-refractivity contribution >= 4 is 0 Å². The lowest BCUT2D eigenvalue weighted by Crippen LogP contribution is -2.49. The van der Waals surface area contributed by atoms with Crippen LogP contribution in [-0.4, -0.2) is 31.9 Å². The van der Waals surface area contributed by atoms with Crippen molar-refractivity contribution in [2.45, 2.75) is 69.8 Å². The SMILES string of the molecule is CCCn1cc(C2(O)CC3CCC(C2)N3Cc2ccccc2)cn1. The minimum Gasteiger partial charge on any atom is -0.385 e. The van der Waals surface area contributed by atoms with E-state index in [1.165, 1.54) is 18.4 Å². The first-order valence-electron chi connectivity index (χ1n) is 9.23. The van der Waals surface area contributed by atoms with Crippen LogP contribution in [0.1, 0.15) is 50.2 Å². The lowest BCUT2D eigenvalue weighted by Gasteiger charge is -2.43. The monoisotopic (exact) mass is 325 g/mol. The normalized spacial score (nSPS) is 29.9. The molecule has 0 aliphatic carbocycles. The Morgan fingerprint density at radius 1 is 1.17 bits per heavy atom. The molecule has 2 bridgehead atoms. The second-order valence-electron chi connectivity index (χ2n) is 7.47. The number of nitrogens with zero attached hydrogens (tertiary/aromatic N) is 3. The first kappa shape index (κ1) is 15.9. The second-order valence-corrected chi connectivity index (χ2v) is 7.47. The van der Waals surface area contributed by atoms with E-state index in [2.05, 4.69) is 53.5 Å². The second kappa shape index (κ2) is 6.34. The zero-order chi connectivity index (χ0) is 16.6. The number of benzene rings is 1. The number of aliphatic hydroxyl groups is 1. The van der Waals surface area contributed by atoms with Gasteiger partial charge in [-0.2, -0.15) is 5.10 Å². The zero-order valence-electron chi connectivity index (χ0n) is 14.4. The summed E-state index contributed by atoms with van der Waals surface area (Å²) in [7, 11) is 0. The summed E-state index contributed by atoms with van der Waals surface area (Å²) < 4.78 is 1.96.